The fourth-order valence-electron chi connectivity index (χ4n) is 7.83. The topological polar surface area (TPSA) is 105 Å². The molecule has 0 heterocycles. The largest absolute Gasteiger partial charge is 0.472 e. The van der Waals surface area contributed by atoms with Crippen molar-refractivity contribution >= 4 is 13.7 Å². The van der Waals surface area contributed by atoms with Gasteiger partial charge in [0, 0.05) is 6.42 Å². The van der Waals surface area contributed by atoms with Crippen LogP contribution in [0.15, 0.2) is 72.9 Å². The predicted molar refractivity (Wildman–Crippen MR) is 290 cm³/mol. The smallest absolute Gasteiger partial charge is 0.387 e. The van der Waals surface area contributed by atoms with E-state index in [2.05, 4.69) is 79.9 Å². The zero-order valence-electron chi connectivity index (χ0n) is 44.4. The lowest BCUT2D eigenvalue weighted by Crippen LogP contribution is -2.45. The lowest BCUT2D eigenvalue weighted by molar-refractivity contribution is -0.870. The minimum Gasteiger partial charge on any atom is -0.387 e. The summed E-state index contributed by atoms with van der Waals surface area (Å²) in [6, 6.07) is -0.845. The molecule has 0 aliphatic heterocycles. The molecule has 3 atom stereocenters. The molecule has 3 N–H and O–H groups in total. The van der Waals surface area contributed by atoms with Crippen molar-refractivity contribution in [3.63, 3.8) is 0 Å². The Balaban J connectivity index is 3.95. The highest BCUT2D eigenvalue weighted by molar-refractivity contribution is 7.47. The van der Waals surface area contributed by atoms with Crippen LogP contribution in [-0.2, 0) is 18.4 Å². The SMILES string of the molecule is CC/C=C\C/C=C\C/C=C\C/C=C\C/C=C\CCCCCCCCCCCCCCCCCCCCCC(=O)NC(COP(=O)(O)OCC[N+](C)(C)C)C(O)/C=C/CCCCCCCCCC. The summed E-state index contributed by atoms with van der Waals surface area (Å²) in [7, 11) is 1.57. The molecule has 8 nitrogen and oxygen atoms in total. The standard InChI is InChI=1S/C58H107N2O6P/c1-6-8-10-12-14-16-18-19-20-21-22-23-24-25-26-27-28-29-30-31-32-33-34-35-36-37-38-39-40-41-42-44-46-48-50-52-58(62)59-56(55-66-67(63,64)65-54-53-60(3,4)5)57(61)51-49-47-45-43-17-15-13-11-9-7-2/h8,10,14,16,19-20,22-23,25-26,49,51,56-57,61H,6-7,9,11-13,15,17-18,21,24,27-48,50,52-55H2,1-5H3,(H-,59,62,63,64)/p+1/b10-8-,16-14-,20-19-,23-22-,26-25-,51-49+. The van der Waals surface area contributed by atoms with Crippen molar-refractivity contribution in [1.82, 2.24) is 5.32 Å². The van der Waals surface area contributed by atoms with Gasteiger partial charge in [0.05, 0.1) is 39.9 Å². The molecule has 0 saturated carbocycles. The molecule has 0 bridgehead atoms. The third kappa shape index (κ3) is 51.6. The first-order valence-corrected chi connectivity index (χ1v) is 29.3. The summed E-state index contributed by atoms with van der Waals surface area (Å²) in [5.41, 5.74) is 0. The van der Waals surface area contributed by atoms with Crippen LogP contribution in [0.2, 0.25) is 0 Å². The van der Waals surface area contributed by atoms with Gasteiger partial charge in [-0.2, -0.15) is 0 Å². The zero-order chi connectivity index (χ0) is 49.2. The summed E-state index contributed by atoms with van der Waals surface area (Å²) in [5, 5.41) is 13.8. The molecule has 9 heteroatoms. The lowest BCUT2D eigenvalue weighted by atomic mass is 10.0. The Morgan fingerprint density at radius 2 is 0.896 bits per heavy atom. The van der Waals surface area contributed by atoms with E-state index in [4.69, 9.17) is 9.05 Å². The number of likely N-dealkylation sites (N-methyl/N-ethyl adjacent to an activating group) is 1. The molecule has 0 fully saturated rings. The number of hydrogen-bond donors (Lipinski definition) is 3. The van der Waals surface area contributed by atoms with Crippen molar-refractivity contribution in [1.29, 1.82) is 0 Å². The number of aliphatic hydroxyl groups excluding tert-OH is 1. The zero-order valence-corrected chi connectivity index (χ0v) is 45.3. The van der Waals surface area contributed by atoms with Crippen LogP contribution in [0.1, 0.15) is 239 Å². The van der Waals surface area contributed by atoms with Crippen LogP contribution in [0.5, 0.6) is 0 Å². The minimum atomic E-state index is -4.34. The summed E-state index contributed by atoms with van der Waals surface area (Å²) in [4.78, 5) is 23.2. The number of amides is 1. The van der Waals surface area contributed by atoms with Crippen molar-refractivity contribution in [2.45, 2.75) is 251 Å². The molecule has 0 spiro atoms. The normalized spacial score (nSPS) is 14.6. The molecule has 0 aliphatic carbocycles. The molecule has 390 valence electrons. The quantitative estimate of drug-likeness (QED) is 0.0243. The molecule has 0 rings (SSSR count). The maximum absolute atomic E-state index is 12.9. The van der Waals surface area contributed by atoms with Gasteiger partial charge in [0.15, 0.2) is 0 Å². The number of aliphatic hydroxyl groups is 1. The molecule has 0 aliphatic rings. The van der Waals surface area contributed by atoms with Gasteiger partial charge in [-0.1, -0.05) is 241 Å². The maximum atomic E-state index is 12.9. The van der Waals surface area contributed by atoms with Gasteiger partial charge in [-0.05, 0) is 64.2 Å². The highest BCUT2D eigenvalue weighted by Crippen LogP contribution is 2.43. The molecular weight excluding hydrogens is 852 g/mol. The first-order valence-electron chi connectivity index (χ1n) is 27.8. The molecule has 0 radical (unpaired) electrons. The first kappa shape index (κ1) is 64.9. The Kier molecular flexibility index (Phi) is 47.4. The summed E-state index contributed by atoms with van der Waals surface area (Å²) in [6.45, 7) is 4.68. The number of rotatable bonds is 50. The van der Waals surface area contributed by atoms with E-state index in [0.29, 0.717) is 17.4 Å². The second-order valence-corrected chi connectivity index (χ2v) is 21.4. The van der Waals surface area contributed by atoms with Gasteiger partial charge in [0.1, 0.15) is 13.2 Å². The number of phosphoric acid groups is 1. The van der Waals surface area contributed by atoms with Crippen LogP contribution >= 0.6 is 7.82 Å². The minimum absolute atomic E-state index is 0.0607. The van der Waals surface area contributed by atoms with Gasteiger partial charge >= 0.3 is 7.82 Å². The van der Waals surface area contributed by atoms with Crippen LogP contribution in [-0.4, -0.2) is 73.4 Å². The number of nitrogens with zero attached hydrogens (tertiary/aromatic N) is 1. The Morgan fingerprint density at radius 3 is 1.31 bits per heavy atom. The average Bonchev–Trinajstić information content (AvgIpc) is 3.29. The Hall–Kier alpha value is -2.06. The van der Waals surface area contributed by atoms with Crippen LogP contribution in [0.4, 0.5) is 0 Å². The number of hydrogen-bond acceptors (Lipinski definition) is 5. The first-order chi connectivity index (χ1) is 32.5. The van der Waals surface area contributed by atoms with E-state index < -0.39 is 20.0 Å². The van der Waals surface area contributed by atoms with Crippen molar-refractivity contribution < 1.29 is 32.9 Å². The lowest BCUT2D eigenvalue weighted by Gasteiger charge is -2.25. The third-order valence-corrected chi connectivity index (χ3v) is 13.2. The van der Waals surface area contributed by atoms with Gasteiger partial charge in [-0.15, -0.1) is 0 Å². The molecule has 1 amide bonds. The van der Waals surface area contributed by atoms with Crippen molar-refractivity contribution in [3.05, 3.63) is 72.9 Å². The van der Waals surface area contributed by atoms with E-state index in [9.17, 15) is 19.4 Å². The molecule has 0 aromatic rings. The highest BCUT2D eigenvalue weighted by atomic mass is 31.2. The number of phosphoric ester groups is 1. The Morgan fingerprint density at radius 1 is 0.522 bits per heavy atom. The molecule has 67 heavy (non-hydrogen) atoms. The molecule has 0 aromatic heterocycles. The third-order valence-electron chi connectivity index (χ3n) is 12.2. The van der Waals surface area contributed by atoms with E-state index in [-0.39, 0.29) is 19.1 Å². The van der Waals surface area contributed by atoms with E-state index in [1.807, 2.05) is 27.2 Å². The fourth-order valence-corrected chi connectivity index (χ4v) is 8.57. The summed E-state index contributed by atoms with van der Waals surface area (Å²) in [5.74, 6) is -0.178. The number of carbonyl (C=O) groups excluding carboxylic acids is 1. The van der Waals surface area contributed by atoms with Crippen molar-refractivity contribution in [2.75, 3.05) is 40.9 Å². The number of carbonyl (C=O) groups is 1. The van der Waals surface area contributed by atoms with Crippen LogP contribution < -0.4 is 5.32 Å². The summed E-state index contributed by atoms with van der Waals surface area (Å²) in [6.07, 6.45) is 67.3. The average molecular weight is 960 g/mol. The second-order valence-electron chi connectivity index (χ2n) is 19.9. The number of quaternary nitrogens is 1. The summed E-state index contributed by atoms with van der Waals surface area (Å²) < 4.78 is 23.6. The summed E-state index contributed by atoms with van der Waals surface area (Å²) >= 11 is 0. The van der Waals surface area contributed by atoms with Crippen molar-refractivity contribution in [2.24, 2.45) is 0 Å². The predicted octanol–water partition coefficient (Wildman–Crippen LogP) is 16.7. The number of allylic oxidation sites excluding steroid dienone is 11. The van der Waals surface area contributed by atoms with Gasteiger partial charge < -0.3 is 19.8 Å². The molecule has 0 aromatic carbocycles. The van der Waals surface area contributed by atoms with Crippen LogP contribution in [0.3, 0.4) is 0 Å². The number of unbranched alkanes of at least 4 members (excludes halogenated alkanes) is 27. The van der Waals surface area contributed by atoms with Gasteiger partial charge in [0.2, 0.25) is 5.91 Å². The maximum Gasteiger partial charge on any atom is 0.472 e. The highest BCUT2D eigenvalue weighted by Gasteiger charge is 2.27. The Labute approximate surface area is 414 Å². The van der Waals surface area contributed by atoms with Gasteiger partial charge in [-0.3, -0.25) is 13.8 Å². The van der Waals surface area contributed by atoms with E-state index in [1.165, 1.54) is 148 Å². The fraction of sp³-hybridized carbons (Fsp3) is 0.776. The monoisotopic (exact) mass is 960 g/mol. The van der Waals surface area contributed by atoms with Gasteiger partial charge in [-0.25, -0.2) is 4.57 Å². The van der Waals surface area contributed by atoms with Gasteiger partial charge in [0.25, 0.3) is 0 Å². The van der Waals surface area contributed by atoms with Crippen LogP contribution in [0.25, 0.3) is 0 Å². The van der Waals surface area contributed by atoms with E-state index >= 15 is 0 Å². The Bertz CT molecular complexity index is 1320. The van der Waals surface area contributed by atoms with Crippen molar-refractivity contribution in [3.8, 4) is 0 Å². The molecular formula is C58H108N2O6P+. The van der Waals surface area contributed by atoms with E-state index in [0.717, 1.165) is 70.6 Å². The molecule has 3 unspecified atom stereocenters. The van der Waals surface area contributed by atoms with E-state index in [1.54, 1.807) is 6.08 Å². The second kappa shape index (κ2) is 48.9. The number of nitrogens with one attached hydrogen (secondary N) is 1. The molecule has 0 saturated heterocycles. The van der Waals surface area contributed by atoms with Crippen LogP contribution in [0, 0.1) is 0 Å².